The molecule has 0 unspecified atom stereocenters. The summed E-state index contributed by atoms with van der Waals surface area (Å²) in [6.07, 6.45) is 9.32. The van der Waals surface area contributed by atoms with Crippen LogP contribution in [-0.2, 0) is 0 Å². The lowest BCUT2D eigenvalue weighted by atomic mass is 10.2. The molecule has 0 radical (unpaired) electrons. The van der Waals surface area contributed by atoms with Crippen molar-refractivity contribution in [3.8, 4) is 5.69 Å². The summed E-state index contributed by atoms with van der Waals surface area (Å²) in [4.78, 5) is 8.95. The predicted octanol–water partition coefficient (Wildman–Crippen LogP) is 5.65. The molecule has 0 aliphatic heterocycles. The molecule has 0 N–H and O–H groups in total. The van der Waals surface area contributed by atoms with Gasteiger partial charge in [0, 0.05) is 28.7 Å². The van der Waals surface area contributed by atoms with Crippen molar-refractivity contribution in [3.63, 3.8) is 0 Å². The van der Waals surface area contributed by atoms with Crippen molar-refractivity contribution in [2.75, 3.05) is 0 Å². The van der Waals surface area contributed by atoms with Gasteiger partial charge in [-0.1, -0.05) is 24.3 Å². The summed E-state index contributed by atoms with van der Waals surface area (Å²) in [7, 11) is 0. The van der Waals surface area contributed by atoms with E-state index in [4.69, 9.17) is 16.6 Å². The van der Waals surface area contributed by atoms with Gasteiger partial charge in [0.1, 0.15) is 5.82 Å². The molecule has 0 fully saturated rings. The Morgan fingerprint density at radius 3 is 2.52 bits per heavy atom. The van der Waals surface area contributed by atoms with Crippen LogP contribution < -0.4 is 0 Å². The fourth-order valence-corrected chi connectivity index (χ4v) is 2.41. The first-order valence-corrected chi connectivity index (χ1v) is 7.79. The molecule has 1 aromatic heterocycles. The Balaban J connectivity index is 2.74. The highest BCUT2D eigenvalue weighted by molar-refractivity contribution is 6.30. The first kappa shape index (κ1) is 17.0. The van der Waals surface area contributed by atoms with Crippen molar-refractivity contribution in [1.82, 2.24) is 9.55 Å². The van der Waals surface area contributed by atoms with Gasteiger partial charge in [-0.25, -0.2) is 4.98 Å². The SMILES string of the molecule is C=Cc1c(/C=C\C)nc(/C(C)=C/N=C\C)n1-c1ccc(Cl)cc1. The highest BCUT2D eigenvalue weighted by Crippen LogP contribution is 2.26. The number of hydrogen-bond donors (Lipinski definition) is 0. The van der Waals surface area contributed by atoms with E-state index in [1.54, 1.807) is 12.4 Å². The lowest BCUT2D eigenvalue weighted by Crippen LogP contribution is -2.01. The number of hydrogen-bond acceptors (Lipinski definition) is 2. The van der Waals surface area contributed by atoms with Crippen LogP contribution in [0.4, 0.5) is 0 Å². The van der Waals surface area contributed by atoms with Crippen molar-refractivity contribution in [2.24, 2.45) is 4.99 Å². The van der Waals surface area contributed by atoms with Crippen LogP contribution in [0.25, 0.3) is 23.4 Å². The van der Waals surface area contributed by atoms with E-state index in [2.05, 4.69) is 16.1 Å². The lowest BCUT2D eigenvalue weighted by molar-refractivity contribution is 1.01. The molecule has 0 bridgehead atoms. The van der Waals surface area contributed by atoms with Gasteiger partial charge in [0.25, 0.3) is 0 Å². The molecule has 0 spiro atoms. The molecule has 2 aromatic rings. The third-order valence-corrected chi connectivity index (χ3v) is 3.57. The summed E-state index contributed by atoms with van der Waals surface area (Å²) in [6, 6.07) is 7.67. The average molecular weight is 326 g/mol. The van der Waals surface area contributed by atoms with Gasteiger partial charge in [-0.2, -0.15) is 0 Å². The number of aromatic nitrogens is 2. The lowest BCUT2D eigenvalue weighted by Gasteiger charge is -2.10. The molecule has 0 aliphatic carbocycles. The molecule has 0 aliphatic rings. The van der Waals surface area contributed by atoms with Gasteiger partial charge in [-0.3, -0.25) is 9.56 Å². The zero-order chi connectivity index (χ0) is 16.8. The van der Waals surface area contributed by atoms with E-state index in [1.807, 2.05) is 63.3 Å². The van der Waals surface area contributed by atoms with E-state index in [1.165, 1.54) is 0 Å². The van der Waals surface area contributed by atoms with Crippen LogP contribution in [0.5, 0.6) is 0 Å². The molecule has 3 nitrogen and oxygen atoms in total. The normalized spacial score (nSPS) is 12.4. The summed E-state index contributed by atoms with van der Waals surface area (Å²) in [6.45, 7) is 9.79. The van der Waals surface area contributed by atoms with Crippen LogP contribution in [0.1, 0.15) is 38.0 Å². The molecule has 1 aromatic carbocycles. The highest BCUT2D eigenvalue weighted by Gasteiger charge is 2.16. The van der Waals surface area contributed by atoms with E-state index in [9.17, 15) is 0 Å². The summed E-state index contributed by atoms with van der Waals surface area (Å²) in [5.41, 5.74) is 3.77. The number of rotatable bonds is 5. The van der Waals surface area contributed by atoms with E-state index in [0.29, 0.717) is 5.02 Å². The van der Waals surface area contributed by atoms with Crippen LogP contribution in [0.3, 0.4) is 0 Å². The molecule has 0 saturated carbocycles. The van der Waals surface area contributed by atoms with Gasteiger partial charge in [0.05, 0.1) is 11.4 Å². The molecule has 4 heteroatoms. The maximum Gasteiger partial charge on any atom is 0.142 e. The van der Waals surface area contributed by atoms with Gasteiger partial charge in [-0.05, 0) is 57.2 Å². The standard InChI is InChI=1S/C19H20ClN3/c1-5-8-17-18(6-2)23(16-11-9-15(20)10-12-16)19(22-17)14(4)13-21-7-3/h5-13H,2H2,1,3-4H3/b8-5-,14-13+,21-7-. The Hall–Kier alpha value is -2.39. The number of allylic oxidation sites excluding steroid dienone is 2. The fourth-order valence-electron chi connectivity index (χ4n) is 2.29. The number of aliphatic imine (C=N–C) groups is 1. The highest BCUT2D eigenvalue weighted by atomic mass is 35.5. The molecular formula is C19H20ClN3. The van der Waals surface area contributed by atoms with Crippen molar-refractivity contribution in [3.05, 3.63) is 65.4 Å². The monoisotopic (exact) mass is 325 g/mol. The van der Waals surface area contributed by atoms with Crippen LogP contribution in [0.15, 0.2) is 48.1 Å². The van der Waals surface area contributed by atoms with Gasteiger partial charge >= 0.3 is 0 Å². The number of halogens is 1. The van der Waals surface area contributed by atoms with E-state index in [0.717, 1.165) is 28.5 Å². The topological polar surface area (TPSA) is 30.2 Å². The summed E-state index contributed by atoms with van der Waals surface area (Å²) >= 11 is 6.01. The second kappa shape index (κ2) is 7.75. The molecule has 118 valence electrons. The first-order chi connectivity index (χ1) is 11.1. The molecule has 0 saturated heterocycles. The molecular weight excluding hydrogens is 306 g/mol. The third-order valence-electron chi connectivity index (χ3n) is 3.31. The van der Waals surface area contributed by atoms with Crippen LogP contribution in [-0.4, -0.2) is 15.8 Å². The van der Waals surface area contributed by atoms with E-state index in [-0.39, 0.29) is 0 Å². The van der Waals surface area contributed by atoms with Crippen LogP contribution in [0.2, 0.25) is 5.02 Å². The summed E-state index contributed by atoms with van der Waals surface area (Å²) in [5, 5.41) is 0.701. The number of nitrogens with zero attached hydrogens (tertiary/aromatic N) is 3. The van der Waals surface area contributed by atoms with E-state index < -0.39 is 0 Å². The number of imidazole rings is 1. The van der Waals surface area contributed by atoms with Gasteiger partial charge < -0.3 is 0 Å². The Kier molecular flexibility index (Phi) is 5.72. The van der Waals surface area contributed by atoms with Crippen molar-refractivity contribution < 1.29 is 0 Å². The minimum absolute atomic E-state index is 0.701. The van der Waals surface area contributed by atoms with Gasteiger partial charge in [-0.15, -0.1) is 0 Å². The number of benzene rings is 1. The zero-order valence-electron chi connectivity index (χ0n) is 13.6. The largest absolute Gasteiger partial charge is 0.293 e. The Morgan fingerprint density at radius 2 is 1.96 bits per heavy atom. The Morgan fingerprint density at radius 1 is 1.26 bits per heavy atom. The second-order valence-electron chi connectivity index (χ2n) is 4.94. The van der Waals surface area contributed by atoms with Crippen molar-refractivity contribution in [2.45, 2.75) is 20.8 Å². The average Bonchev–Trinajstić information content (AvgIpc) is 2.92. The smallest absolute Gasteiger partial charge is 0.142 e. The van der Waals surface area contributed by atoms with Crippen LogP contribution in [0, 0.1) is 0 Å². The van der Waals surface area contributed by atoms with Crippen LogP contribution >= 0.6 is 11.6 Å². The van der Waals surface area contributed by atoms with Crippen molar-refractivity contribution >= 4 is 35.5 Å². The first-order valence-electron chi connectivity index (χ1n) is 7.41. The minimum Gasteiger partial charge on any atom is -0.293 e. The van der Waals surface area contributed by atoms with Gasteiger partial charge in [0.2, 0.25) is 0 Å². The fraction of sp³-hybridized carbons (Fsp3) is 0.158. The zero-order valence-corrected chi connectivity index (χ0v) is 14.4. The second-order valence-corrected chi connectivity index (χ2v) is 5.38. The van der Waals surface area contributed by atoms with Crippen molar-refractivity contribution in [1.29, 1.82) is 0 Å². The summed E-state index contributed by atoms with van der Waals surface area (Å²) < 4.78 is 2.07. The third kappa shape index (κ3) is 3.69. The molecule has 1 heterocycles. The summed E-state index contributed by atoms with van der Waals surface area (Å²) in [5.74, 6) is 0.834. The molecule has 0 amide bonds. The quantitative estimate of drug-likeness (QED) is 0.653. The molecule has 2 rings (SSSR count). The Bertz CT molecular complexity index is 778. The molecule has 23 heavy (non-hydrogen) atoms. The van der Waals surface area contributed by atoms with Gasteiger partial charge in [0.15, 0.2) is 0 Å². The predicted molar refractivity (Wildman–Crippen MR) is 101 cm³/mol. The Labute approximate surface area is 142 Å². The maximum atomic E-state index is 6.01. The van der Waals surface area contributed by atoms with E-state index >= 15 is 0 Å². The minimum atomic E-state index is 0.701. The molecule has 0 atom stereocenters. The maximum absolute atomic E-state index is 6.01.